The molecule has 2 N–H and O–H groups in total. The van der Waals surface area contributed by atoms with Crippen LogP contribution in [0.2, 0.25) is 0 Å². The average Bonchev–Trinajstić information content (AvgIpc) is 2.94. The van der Waals surface area contributed by atoms with E-state index in [0.717, 1.165) is 48.8 Å². The fourth-order valence-electron chi connectivity index (χ4n) is 6.25. The molecule has 220 valence electrons. The number of thiocarbonyl (C=S) groups is 1. The van der Waals surface area contributed by atoms with Gasteiger partial charge in [-0.15, -0.1) is 0 Å². The van der Waals surface area contributed by atoms with E-state index in [0.29, 0.717) is 29.7 Å². The first-order valence-corrected chi connectivity index (χ1v) is 13.8. The van der Waals surface area contributed by atoms with Gasteiger partial charge >= 0.3 is 12.4 Å². The molecule has 3 fully saturated rings. The van der Waals surface area contributed by atoms with Crippen LogP contribution in [0.15, 0.2) is 48.7 Å². The van der Waals surface area contributed by atoms with Gasteiger partial charge in [-0.2, -0.15) is 26.3 Å². The zero-order valence-corrected chi connectivity index (χ0v) is 23.3. The number of nitrogens with one attached hydrogen (secondary N) is 2. The topological polar surface area (TPSA) is 49.4 Å². The maximum Gasteiger partial charge on any atom is 0.416 e. The molecule has 2 unspecified atom stereocenters. The first kappa shape index (κ1) is 29.4. The van der Waals surface area contributed by atoms with Crippen LogP contribution in [0.5, 0.6) is 5.75 Å². The van der Waals surface area contributed by atoms with Crippen molar-refractivity contribution < 1.29 is 31.1 Å². The molecular formula is C29H30F6N4OS. The molecule has 3 aliphatic rings. The molecule has 3 aromatic rings. The van der Waals surface area contributed by atoms with Crippen molar-refractivity contribution in [3.05, 3.63) is 65.4 Å². The average molecular weight is 597 g/mol. The van der Waals surface area contributed by atoms with Crippen LogP contribution in [0.25, 0.3) is 10.9 Å². The summed E-state index contributed by atoms with van der Waals surface area (Å²) >= 11 is 5.51. The Morgan fingerprint density at radius 1 is 1.07 bits per heavy atom. The molecule has 2 aromatic carbocycles. The fourth-order valence-corrected chi connectivity index (χ4v) is 6.50. The Morgan fingerprint density at radius 3 is 2.37 bits per heavy atom. The Kier molecular flexibility index (Phi) is 8.08. The molecule has 0 amide bonds. The van der Waals surface area contributed by atoms with Gasteiger partial charge in [0.25, 0.3) is 0 Å². The van der Waals surface area contributed by atoms with Gasteiger partial charge in [-0.25, -0.2) is 0 Å². The van der Waals surface area contributed by atoms with Gasteiger partial charge in [0.05, 0.1) is 29.8 Å². The molecule has 2 bridgehead atoms. The van der Waals surface area contributed by atoms with E-state index in [9.17, 15) is 26.3 Å². The number of rotatable bonds is 6. The first-order valence-electron chi connectivity index (χ1n) is 13.4. The summed E-state index contributed by atoms with van der Waals surface area (Å²) in [6, 6.07) is 8.32. The smallest absolute Gasteiger partial charge is 0.416 e. The van der Waals surface area contributed by atoms with E-state index in [4.69, 9.17) is 17.0 Å². The first-order chi connectivity index (χ1) is 19.4. The van der Waals surface area contributed by atoms with Gasteiger partial charge in [0.15, 0.2) is 5.11 Å². The number of piperidine rings is 3. The number of halogens is 6. The van der Waals surface area contributed by atoms with Crippen molar-refractivity contribution in [1.29, 1.82) is 0 Å². The number of methoxy groups -OCH3 is 1. The molecule has 12 heteroatoms. The molecule has 5 atom stereocenters. The van der Waals surface area contributed by atoms with Crippen LogP contribution in [0.3, 0.4) is 0 Å². The van der Waals surface area contributed by atoms with Gasteiger partial charge in [0.1, 0.15) is 5.75 Å². The zero-order valence-electron chi connectivity index (χ0n) is 22.4. The van der Waals surface area contributed by atoms with E-state index in [1.165, 1.54) is 0 Å². The maximum absolute atomic E-state index is 13.4. The van der Waals surface area contributed by atoms with Crippen LogP contribution in [-0.2, 0) is 12.4 Å². The lowest BCUT2D eigenvalue weighted by Crippen LogP contribution is -2.58. The van der Waals surface area contributed by atoms with Gasteiger partial charge in [-0.3, -0.25) is 9.88 Å². The summed E-state index contributed by atoms with van der Waals surface area (Å²) in [6.07, 6.45) is -5.21. The SMILES string of the molecule is CCC1C[N@@]2CCC1C[C@H]2[C@@H](NC(=S)Nc1cc(C(F)(F)F)cc(C(F)(F)F)c1)c1ccnc2ccc(OC)cc12. The maximum atomic E-state index is 13.4. The second-order valence-corrected chi connectivity index (χ2v) is 11.1. The molecule has 0 spiro atoms. The van der Waals surface area contributed by atoms with Gasteiger partial charge in [0, 0.05) is 29.9 Å². The van der Waals surface area contributed by atoms with Crippen LogP contribution < -0.4 is 15.4 Å². The minimum absolute atomic E-state index is 0.000321. The lowest BCUT2D eigenvalue weighted by atomic mass is 9.72. The number of nitrogens with zero attached hydrogens (tertiary/aromatic N) is 2. The monoisotopic (exact) mass is 596 g/mol. The minimum Gasteiger partial charge on any atom is -0.497 e. The normalized spacial score (nSPS) is 23.3. The van der Waals surface area contributed by atoms with Crippen LogP contribution in [0.1, 0.15) is 48.9 Å². The lowest BCUT2D eigenvalue weighted by molar-refractivity contribution is -0.143. The number of anilines is 1. The van der Waals surface area contributed by atoms with Crippen molar-refractivity contribution >= 4 is 33.9 Å². The van der Waals surface area contributed by atoms with Gasteiger partial charge in [-0.05, 0) is 91.5 Å². The molecule has 5 nitrogen and oxygen atoms in total. The number of hydrogen-bond acceptors (Lipinski definition) is 4. The Hall–Kier alpha value is -3.12. The van der Waals surface area contributed by atoms with Gasteiger partial charge in [0.2, 0.25) is 0 Å². The number of benzene rings is 2. The molecule has 3 aliphatic heterocycles. The summed E-state index contributed by atoms with van der Waals surface area (Å²) in [5.41, 5.74) is -1.64. The van der Waals surface area contributed by atoms with Crippen LogP contribution in [0.4, 0.5) is 32.0 Å². The fraction of sp³-hybridized carbons (Fsp3) is 0.448. The second-order valence-electron chi connectivity index (χ2n) is 10.7. The highest BCUT2D eigenvalue weighted by Gasteiger charge is 2.43. The highest BCUT2D eigenvalue weighted by atomic mass is 32.1. The highest BCUT2D eigenvalue weighted by Crippen LogP contribution is 2.43. The summed E-state index contributed by atoms with van der Waals surface area (Å²) in [5, 5.41) is 6.61. The standard InChI is InChI=1S/C29H30F6N4OS/c1-3-16-15-39-9-7-17(16)10-25(39)26(22-6-8-36-24-5-4-21(40-2)14-23(22)24)38-27(41)37-20-12-18(28(30,31)32)11-19(13-20)29(33,34)35/h4-6,8,11-14,16-17,25-26H,3,7,9-10,15H2,1-2H3,(H2,37,38,41)/t16?,17?,25-,26-/m0/s1. The Labute approximate surface area is 239 Å². The third kappa shape index (κ3) is 6.23. The van der Waals surface area contributed by atoms with Gasteiger partial charge in [-0.1, -0.05) is 13.3 Å². The summed E-state index contributed by atoms with van der Waals surface area (Å²) < 4.78 is 86.1. The van der Waals surface area contributed by atoms with Crippen molar-refractivity contribution in [2.45, 2.75) is 50.6 Å². The van der Waals surface area contributed by atoms with E-state index in [1.807, 2.05) is 18.2 Å². The van der Waals surface area contributed by atoms with Crippen LogP contribution >= 0.6 is 12.2 Å². The van der Waals surface area contributed by atoms with E-state index < -0.39 is 35.2 Å². The highest BCUT2D eigenvalue weighted by molar-refractivity contribution is 7.80. The third-order valence-electron chi connectivity index (χ3n) is 8.29. The van der Waals surface area contributed by atoms with Crippen LogP contribution in [0, 0.1) is 11.8 Å². The number of alkyl halides is 6. The molecule has 3 saturated heterocycles. The molecule has 1 aromatic heterocycles. The Balaban J connectivity index is 1.51. The summed E-state index contributed by atoms with van der Waals surface area (Å²) in [6.45, 7) is 4.00. The molecule has 0 aliphatic carbocycles. The molecule has 4 heterocycles. The third-order valence-corrected chi connectivity index (χ3v) is 8.51. The largest absolute Gasteiger partial charge is 0.497 e. The van der Waals surface area contributed by atoms with E-state index in [1.54, 1.807) is 19.4 Å². The van der Waals surface area contributed by atoms with Crippen molar-refractivity contribution in [3.8, 4) is 5.75 Å². The zero-order chi connectivity index (χ0) is 29.5. The number of hydrogen-bond donors (Lipinski definition) is 2. The molecule has 0 radical (unpaired) electrons. The van der Waals surface area contributed by atoms with E-state index >= 15 is 0 Å². The van der Waals surface area contributed by atoms with Crippen molar-refractivity contribution in [2.75, 3.05) is 25.5 Å². The quantitative estimate of drug-likeness (QED) is 0.228. The molecule has 6 rings (SSSR count). The second kappa shape index (κ2) is 11.3. The van der Waals surface area contributed by atoms with Crippen molar-refractivity contribution in [3.63, 3.8) is 0 Å². The summed E-state index contributed by atoms with van der Waals surface area (Å²) in [5.74, 6) is 1.72. The molecule has 41 heavy (non-hydrogen) atoms. The number of pyridine rings is 1. The van der Waals surface area contributed by atoms with Crippen molar-refractivity contribution in [1.82, 2.24) is 15.2 Å². The van der Waals surface area contributed by atoms with Gasteiger partial charge < -0.3 is 15.4 Å². The minimum atomic E-state index is -4.96. The number of fused-ring (bicyclic) bond motifs is 4. The van der Waals surface area contributed by atoms with E-state index in [-0.39, 0.29) is 17.2 Å². The Morgan fingerprint density at radius 2 is 1.78 bits per heavy atom. The molecule has 0 saturated carbocycles. The van der Waals surface area contributed by atoms with Crippen molar-refractivity contribution in [2.24, 2.45) is 11.8 Å². The number of ether oxygens (including phenoxy) is 1. The predicted molar refractivity (Wildman–Crippen MR) is 149 cm³/mol. The van der Waals surface area contributed by atoms with Crippen LogP contribution in [-0.4, -0.2) is 41.2 Å². The summed E-state index contributed by atoms with van der Waals surface area (Å²) in [7, 11) is 1.56. The molecular weight excluding hydrogens is 566 g/mol. The predicted octanol–water partition coefficient (Wildman–Crippen LogP) is 7.43. The Bertz CT molecular complexity index is 1400. The summed E-state index contributed by atoms with van der Waals surface area (Å²) in [4.78, 5) is 6.88. The lowest BCUT2D eigenvalue weighted by Gasteiger charge is -2.52. The number of aromatic nitrogens is 1. The van der Waals surface area contributed by atoms with E-state index in [2.05, 4.69) is 27.4 Å².